The van der Waals surface area contributed by atoms with Crippen LogP contribution >= 0.6 is 11.3 Å². The monoisotopic (exact) mass is 406 g/mol. The third-order valence-electron chi connectivity index (χ3n) is 5.48. The van der Waals surface area contributed by atoms with Gasteiger partial charge in [-0.1, -0.05) is 30.3 Å². The van der Waals surface area contributed by atoms with Gasteiger partial charge in [0.25, 0.3) is 0 Å². The number of aromatic nitrogens is 2. The summed E-state index contributed by atoms with van der Waals surface area (Å²) in [4.78, 5) is 23.4. The number of methoxy groups -OCH3 is 1. The summed E-state index contributed by atoms with van der Waals surface area (Å²) in [5.74, 6) is -0.337. The molecule has 0 aliphatic rings. The summed E-state index contributed by atoms with van der Waals surface area (Å²) in [6.45, 7) is 4.73. The number of nitrogens with zero attached hydrogens (tertiary/aromatic N) is 2. The number of fused-ring (bicyclic) bond motifs is 2. The number of esters is 1. The van der Waals surface area contributed by atoms with Crippen LogP contribution in [0.2, 0.25) is 0 Å². The van der Waals surface area contributed by atoms with Gasteiger partial charge in [0.05, 0.1) is 35.5 Å². The molecule has 1 N–H and O–H groups in total. The van der Waals surface area contributed by atoms with Gasteiger partial charge in [0.15, 0.2) is 5.01 Å². The van der Waals surface area contributed by atoms with E-state index in [1.54, 1.807) is 11.3 Å². The minimum atomic E-state index is -0.337. The highest BCUT2D eigenvalue weighted by atomic mass is 32.1. The molecule has 0 spiro atoms. The van der Waals surface area contributed by atoms with Crippen LogP contribution in [0.3, 0.4) is 0 Å². The molecule has 0 fully saturated rings. The van der Waals surface area contributed by atoms with Crippen LogP contribution in [0.25, 0.3) is 21.1 Å². The molecule has 5 nitrogen and oxygen atoms in total. The predicted octanol–water partition coefficient (Wildman–Crippen LogP) is 3.72. The maximum Gasteiger partial charge on any atom is 0.340 e. The fraction of sp³-hybridized carbons (Fsp3) is 0.261. The lowest BCUT2D eigenvalue weighted by atomic mass is 10.0. The van der Waals surface area contributed by atoms with E-state index in [1.807, 2.05) is 49.4 Å². The topological polar surface area (TPSA) is 56.5 Å². The van der Waals surface area contributed by atoms with Gasteiger partial charge in [-0.05, 0) is 37.6 Å². The molecule has 0 aliphatic carbocycles. The van der Waals surface area contributed by atoms with Gasteiger partial charge in [0, 0.05) is 5.39 Å². The van der Waals surface area contributed by atoms with Crippen LogP contribution in [0.1, 0.15) is 39.6 Å². The van der Waals surface area contributed by atoms with E-state index < -0.39 is 0 Å². The number of nitrogens with one attached hydrogen (secondary N) is 1. The lowest BCUT2D eigenvalue weighted by Gasteiger charge is -2.21. The van der Waals surface area contributed by atoms with Crippen LogP contribution < -0.4 is 4.90 Å². The number of thiazole rings is 1. The largest absolute Gasteiger partial charge is 0.465 e. The SMILES string of the molecule is COC(=O)c1c(C[NH+](C)[C@@H](C)c2nc3ccccc3s2)nc2ccccc2c1C. The zero-order chi connectivity index (χ0) is 20.5. The zero-order valence-corrected chi connectivity index (χ0v) is 17.8. The predicted molar refractivity (Wildman–Crippen MR) is 116 cm³/mol. The Labute approximate surface area is 174 Å². The maximum absolute atomic E-state index is 12.6. The highest BCUT2D eigenvalue weighted by molar-refractivity contribution is 7.18. The van der Waals surface area contributed by atoms with Gasteiger partial charge in [-0.25, -0.2) is 14.8 Å². The molecule has 2 aromatic heterocycles. The highest BCUT2D eigenvalue weighted by Crippen LogP contribution is 2.26. The highest BCUT2D eigenvalue weighted by Gasteiger charge is 2.25. The van der Waals surface area contributed by atoms with Crippen molar-refractivity contribution < 1.29 is 14.4 Å². The number of quaternary nitrogens is 1. The zero-order valence-electron chi connectivity index (χ0n) is 17.0. The standard InChI is InChI=1S/C23H23N3O2S/c1-14-16-9-5-6-10-17(16)24-19(21(14)23(27)28-4)13-26(3)15(2)22-25-18-11-7-8-12-20(18)29-22/h5-12,15H,13H2,1-4H3/p+1/t15-/m0/s1. The molecule has 1 unspecified atom stereocenters. The Kier molecular flexibility index (Phi) is 5.30. The number of hydrogen-bond acceptors (Lipinski definition) is 5. The van der Waals surface area contributed by atoms with E-state index >= 15 is 0 Å². The smallest absolute Gasteiger partial charge is 0.340 e. The Morgan fingerprint density at radius 2 is 1.79 bits per heavy atom. The summed E-state index contributed by atoms with van der Waals surface area (Å²) in [7, 11) is 3.53. The lowest BCUT2D eigenvalue weighted by molar-refractivity contribution is -0.924. The van der Waals surface area contributed by atoms with Crippen molar-refractivity contribution in [3.63, 3.8) is 0 Å². The molecule has 2 aromatic carbocycles. The van der Waals surface area contributed by atoms with E-state index in [-0.39, 0.29) is 12.0 Å². The van der Waals surface area contributed by atoms with Crippen LogP contribution in [0.15, 0.2) is 48.5 Å². The average molecular weight is 407 g/mol. The van der Waals surface area contributed by atoms with Crippen molar-refractivity contribution in [2.24, 2.45) is 0 Å². The molecule has 0 aliphatic heterocycles. The van der Waals surface area contributed by atoms with Crippen LogP contribution in [0, 0.1) is 6.92 Å². The third-order valence-corrected chi connectivity index (χ3v) is 6.70. The summed E-state index contributed by atoms with van der Waals surface area (Å²) in [5, 5.41) is 2.06. The second-order valence-electron chi connectivity index (χ2n) is 7.33. The third kappa shape index (κ3) is 3.61. The number of benzene rings is 2. The Morgan fingerprint density at radius 1 is 1.10 bits per heavy atom. The Hall–Kier alpha value is -2.83. The van der Waals surface area contributed by atoms with E-state index in [1.165, 1.54) is 16.7 Å². The summed E-state index contributed by atoms with van der Waals surface area (Å²) in [5.41, 5.74) is 4.17. The molecule has 2 heterocycles. The number of carbonyl (C=O) groups is 1. The van der Waals surface area contributed by atoms with E-state index in [0.29, 0.717) is 12.1 Å². The first-order valence-corrected chi connectivity index (χ1v) is 10.5. The summed E-state index contributed by atoms with van der Waals surface area (Å²) < 4.78 is 6.27. The minimum Gasteiger partial charge on any atom is -0.465 e. The minimum absolute atomic E-state index is 0.173. The molecule has 0 amide bonds. The number of rotatable bonds is 5. The van der Waals surface area contributed by atoms with Crippen LogP contribution in [0.5, 0.6) is 0 Å². The summed E-state index contributed by atoms with van der Waals surface area (Å²) in [6, 6.07) is 16.3. The molecular formula is C23H24N3O2S+. The van der Waals surface area contributed by atoms with Gasteiger partial charge >= 0.3 is 5.97 Å². The first-order chi connectivity index (χ1) is 14.0. The number of aryl methyl sites for hydroxylation is 1. The molecule has 2 atom stereocenters. The summed E-state index contributed by atoms with van der Waals surface area (Å²) in [6.07, 6.45) is 0. The van der Waals surface area contributed by atoms with Crippen molar-refractivity contribution in [3.05, 3.63) is 70.4 Å². The fourth-order valence-corrected chi connectivity index (χ4v) is 4.76. The van der Waals surface area contributed by atoms with Crippen molar-refractivity contribution in [3.8, 4) is 0 Å². The Bertz CT molecular complexity index is 1170. The first kappa shape index (κ1) is 19.5. The van der Waals surface area contributed by atoms with Crippen LogP contribution in [0.4, 0.5) is 0 Å². The van der Waals surface area contributed by atoms with Crippen molar-refractivity contribution in [1.29, 1.82) is 0 Å². The van der Waals surface area contributed by atoms with Gasteiger partial charge in [-0.3, -0.25) is 0 Å². The van der Waals surface area contributed by atoms with Gasteiger partial charge in [0.2, 0.25) is 0 Å². The lowest BCUT2D eigenvalue weighted by Crippen LogP contribution is -3.07. The molecule has 0 saturated carbocycles. The number of pyridine rings is 1. The summed E-state index contributed by atoms with van der Waals surface area (Å²) >= 11 is 1.72. The quantitative estimate of drug-likeness (QED) is 0.513. The first-order valence-electron chi connectivity index (χ1n) is 9.64. The molecule has 148 valence electrons. The fourth-order valence-electron chi connectivity index (χ4n) is 3.64. The van der Waals surface area contributed by atoms with Gasteiger partial charge in [-0.2, -0.15) is 0 Å². The molecule has 29 heavy (non-hydrogen) atoms. The Balaban J connectivity index is 1.71. The van der Waals surface area contributed by atoms with E-state index in [0.717, 1.165) is 32.7 Å². The molecule has 0 bridgehead atoms. The normalized spacial score (nSPS) is 13.5. The molecule has 0 radical (unpaired) electrons. The number of ether oxygens (including phenoxy) is 1. The number of para-hydroxylation sites is 2. The number of hydrogen-bond donors (Lipinski definition) is 1. The molecule has 0 saturated heterocycles. The van der Waals surface area contributed by atoms with E-state index in [2.05, 4.69) is 20.0 Å². The van der Waals surface area contributed by atoms with Crippen molar-refractivity contribution >= 4 is 38.4 Å². The average Bonchev–Trinajstić information content (AvgIpc) is 3.17. The molecule has 6 heteroatoms. The van der Waals surface area contributed by atoms with E-state index in [9.17, 15) is 4.79 Å². The van der Waals surface area contributed by atoms with Crippen molar-refractivity contribution in [2.45, 2.75) is 26.4 Å². The van der Waals surface area contributed by atoms with Crippen LogP contribution in [-0.4, -0.2) is 30.1 Å². The Morgan fingerprint density at radius 3 is 2.52 bits per heavy atom. The molecule has 4 rings (SSSR count). The second-order valence-corrected chi connectivity index (χ2v) is 8.39. The number of carbonyl (C=O) groups excluding carboxylic acids is 1. The van der Waals surface area contributed by atoms with Crippen LogP contribution in [-0.2, 0) is 11.3 Å². The second kappa shape index (κ2) is 7.89. The molecule has 4 aromatic rings. The van der Waals surface area contributed by atoms with E-state index in [4.69, 9.17) is 14.7 Å². The van der Waals surface area contributed by atoms with Gasteiger partial charge < -0.3 is 9.64 Å². The molecular weight excluding hydrogens is 382 g/mol. The van der Waals surface area contributed by atoms with Gasteiger partial charge in [-0.15, -0.1) is 11.3 Å². The van der Waals surface area contributed by atoms with Crippen molar-refractivity contribution in [1.82, 2.24) is 9.97 Å². The van der Waals surface area contributed by atoms with Crippen molar-refractivity contribution in [2.75, 3.05) is 14.2 Å². The maximum atomic E-state index is 12.6. The van der Waals surface area contributed by atoms with Gasteiger partial charge in [0.1, 0.15) is 18.3 Å².